The van der Waals surface area contributed by atoms with Gasteiger partial charge in [0.2, 0.25) is 0 Å². The maximum absolute atomic E-state index is 12.7. The molecule has 0 spiro atoms. The molecule has 5 aromatic heterocycles. The quantitative estimate of drug-likeness (QED) is 0.0310. The monoisotopic (exact) mass is 1340 g/mol. The molecule has 0 saturated carbocycles. The number of ether oxygens (including phenoxy) is 5. The van der Waals surface area contributed by atoms with Gasteiger partial charge in [-0.2, -0.15) is 0 Å². The Morgan fingerprint density at radius 1 is 0.434 bits per heavy atom. The van der Waals surface area contributed by atoms with E-state index in [1.165, 1.54) is 44.6 Å². The van der Waals surface area contributed by atoms with Crippen LogP contribution >= 0.6 is 0 Å². The van der Waals surface area contributed by atoms with E-state index < -0.39 is 21.8 Å². The van der Waals surface area contributed by atoms with Crippen molar-refractivity contribution in [3.05, 3.63) is 229 Å². The molecule has 514 valence electrons. The van der Waals surface area contributed by atoms with Crippen LogP contribution in [-0.4, -0.2) is 104 Å². The molecular weight excluding hydrogens is 1260 g/mol. The van der Waals surface area contributed by atoms with E-state index in [9.17, 15) is 44.2 Å². The van der Waals surface area contributed by atoms with Crippen molar-refractivity contribution in [2.24, 2.45) is 0 Å². The number of nitro benzene ring substituents is 2. The Labute approximate surface area is 572 Å². The highest BCUT2D eigenvalue weighted by Gasteiger charge is 2.26. The maximum atomic E-state index is 12.7. The van der Waals surface area contributed by atoms with Crippen LogP contribution in [0.1, 0.15) is 118 Å². The molecule has 0 unspecified atom stereocenters. The minimum atomic E-state index is -0.552. The molecule has 0 saturated heterocycles. The van der Waals surface area contributed by atoms with Crippen LogP contribution < -0.4 is 25.3 Å². The third kappa shape index (κ3) is 15.5. The largest absolute Gasteiger partial charge is 0.497 e. The van der Waals surface area contributed by atoms with E-state index in [1.807, 2.05) is 166 Å². The second-order valence-corrected chi connectivity index (χ2v) is 22.2. The number of carbonyl (C=O) groups excluding carboxylic acids is 5. The first kappa shape index (κ1) is 72.8. The Kier molecular flexibility index (Phi) is 24.3. The van der Waals surface area contributed by atoms with Gasteiger partial charge in [-0.1, -0.05) is 67.6 Å². The molecule has 0 radical (unpaired) electrons. The lowest BCUT2D eigenvalue weighted by atomic mass is 10.0. The number of nitrogens with two attached hydrogens (primary N) is 1. The van der Waals surface area contributed by atoms with Crippen molar-refractivity contribution < 1.29 is 57.5 Å². The summed E-state index contributed by atoms with van der Waals surface area (Å²) >= 11 is 0. The molecule has 0 amide bonds. The van der Waals surface area contributed by atoms with Gasteiger partial charge in [0.15, 0.2) is 17.3 Å². The molecule has 0 atom stereocenters. The number of rotatable bonds is 20. The lowest BCUT2D eigenvalue weighted by molar-refractivity contribution is -0.384. The highest BCUT2D eigenvalue weighted by Crippen LogP contribution is 2.36. The van der Waals surface area contributed by atoms with E-state index in [0.29, 0.717) is 70.4 Å². The number of carbonyl (C=O) groups is 5. The topological polar surface area (TPSA) is 280 Å². The average Bonchev–Trinajstić information content (AvgIpc) is 1.65. The number of nitrogens with one attached hydrogen (secondary N) is 1. The van der Waals surface area contributed by atoms with E-state index in [1.54, 1.807) is 32.0 Å². The van der Waals surface area contributed by atoms with E-state index >= 15 is 0 Å². The predicted molar refractivity (Wildman–Crippen MR) is 387 cm³/mol. The summed E-state index contributed by atoms with van der Waals surface area (Å²) in [5.41, 5.74) is 14.5. The summed E-state index contributed by atoms with van der Waals surface area (Å²) < 4.78 is 35.1. The van der Waals surface area contributed by atoms with Crippen molar-refractivity contribution in [2.45, 2.75) is 87.6 Å². The molecule has 12 rings (SSSR count). The fourth-order valence-corrected chi connectivity index (χ4v) is 11.8. The zero-order valence-corrected chi connectivity index (χ0v) is 57.5. The fraction of sp³-hybridized carbons (Fsp3) is 0.250. The SMILES string of the molecule is CCC(=O)c1cn(CC)c2cc(OC)ccc12.CCNc1c(C(=O)OC)c2ccc([N+](=O)[O-])cc2n1CC.CCn1c(N)c(C(=O)OC)c2ccc([N+](=O)[O-])cc21.CCn1cc(C(=O)c2ccccc2)c2cc(OC)ccc21.CCn1cc(C(=O)c2ccccc2)c2ccc(OC)cc21. The van der Waals surface area contributed by atoms with Gasteiger partial charge in [0, 0.05) is 161 Å². The van der Waals surface area contributed by atoms with Gasteiger partial charge in [-0.15, -0.1) is 0 Å². The van der Waals surface area contributed by atoms with Crippen LogP contribution in [0.2, 0.25) is 0 Å². The van der Waals surface area contributed by atoms with Gasteiger partial charge in [0.25, 0.3) is 11.4 Å². The van der Waals surface area contributed by atoms with E-state index in [-0.39, 0.29) is 40.1 Å². The molecule has 23 heteroatoms. The Morgan fingerprint density at radius 2 is 0.838 bits per heavy atom. The molecule has 3 N–H and O–H groups in total. The first-order valence-electron chi connectivity index (χ1n) is 32.3. The smallest absolute Gasteiger partial charge is 0.342 e. The minimum Gasteiger partial charge on any atom is -0.497 e. The number of hydrogen-bond donors (Lipinski definition) is 2. The summed E-state index contributed by atoms with van der Waals surface area (Å²) in [7, 11) is 7.52. The van der Waals surface area contributed by atoms with Crippen LogP contribution in [-0.2, 0) is 42.2 Å². The highest BCUT2D eigenvalue weighted by molar-refractivity contribution is 6.18. The molecule has 7 aromatic carbocycles. The lowest BCUT2D eigenvalue weighted by Crippen LogP contribution is -2.10. The third-order valence-corrected chi connectivity index (χ3v) is 16.8. The number of benzene rings is 7. The molecule has 0 aliphatic heterocycles. The highest BCUT2D eigenvalue weighted by atomic mass is 16.6. The van der Waals surface area contributed by atoms with Crippen LogP contribution in [0, 0.1) is 20.2 Å². The van der Waals surface area contributed by atoms with Crippen molar-refractivity contribution in [1.29, 1.82) is 0 Å². The summed E-state index contributed by atoms with van der Waals surface area (Å²) in [6.07, 6.45) is 6.34. The van der Waals surface area contributed by atoms with Crippen molar-refractivity contribution in [1.82, 2.24) is 22.8 Å². The molecule has 0 aliphatic rings. The van der Waals surface area contributed by atoms with Crippen molar-refractivity contribution in [2.75, 3.05) is 53.1 Å². The molecule has 23 nitrogen and oxygen atoms in total. The van der Waals surface area contributed by atoms with Gasteiger partial charge in [-0.3, -0.25) is 34.6 Å². The Balaban J connectivity index is 0.000000158. The summed E-state index contributed by atoms with van der Waals surface area (Å²) in [5, 5.41) is 29.0. The predicted octanol–water partition coefficient (Wildman–Crippen LogP) is 15.8. The number of Topliss-reactive ketones (excluding diaryl/α,β-unsaturated/α-hetero) is 1. The summed E-state index contributed by atoms with van der Waals surface area (Å²) in [4.78, 5) is 81.9. The van der Waals surface area contributed by atoms with Crippen molar-refractivity contribution in [3.63, 3.8) is 0 Å². The molecule has 0 bridgehead atoms. The number of ketones is 3. The zero-order chi connectivity index (χ0) is 71.8. The number of aryl methyl sites for hydroxylation is 5. The fourth-order valence-electron chi connectivity index (χ4n) is 11.8. The van der Waals surface area contributed by atoms with Gasteiger partial charge in [0.1, 0.15) is 40.0 Å². The maximum Gasteiger partial charge on any atom is 0.342 e. The normalized spacial score (nSPS) is 10.7. The van der Waals surface area contributed by atoms with Crippen LogP contribution in [0.15, 0.2) is 170 Å². The average molecular weight is 1340 g/mol. The second kappa shape index (κ2) is 33.1. The van der Waals surface area contributed by atoms with Crippen molar-refractivity contribution in [3.8, 4) is 17.2 Å². The number of esters is 2. The van der Waals surface area contributed by atoms with Crippen LogP contribution in [0.4, 0.5) is 23.0 Å². The summed E-state index contributed by atoms with van der Waals surface area (Å²) in [6.45, 7) is 18.0. The molecule has 0 aliphatic carbocycles. The van der Waals surface area contributed by atoms with Crippen LogP contribution in [0.3, 0.4) is 0 Å². The van der Waals surface area contributed by atoms with Crippen LogP contribution in [0.5, 0.6) is 17.2 Å². The van der Waals surface area contributed by atoms with Gasteiger partial charge >= 0.3 is 11.9 Å². The number of nitrogen functional groups attached to an aromatic ring is 1. The first-order valence-corrected chi connectivity index (χ1v) is 32.3. The number of non-ortho nitro benzene ring substituents is 2. The Morgan fingerprint density at radius 3 is 1.27 bits per heavy atom. The number of hydrogen-bond acceptors (Lipinski definition) is 16. The van der Waals surface area contributed by atoms with Gasteiger partial charge < -0.3 is 57.6 Å². The van der Waals surface area contributed by atoms with E-state index in [4.69, 9.17) is 29.4 Å². The van der Waals surface area contributed by atoms with Gasteiger partial charge in [-0.05, 0) is 96.1 Å². The molecule has 12 aromatic rings. The number of aromatic nitrogens is 5. The molecule has 99 heavy (non-hydrogen) atoms. The number of anilines is 2. The third-order valence-electron chi connectivity index (χ3n) is 16.8. The molecular formula is C76H81N9O14. The van der Waals surface area contributed by atoms with Gasteiger partial charge in [-0.25, -0.2) is 9.59 Å². The Bertz CT molecular complexity index is 4940. The molecule has 5 heterocycles. The number of nitro groups is 2. The number of nitrogens with zero attached hydrogens (tertiary/aromatic N) is 7. The zero-order valence-electron chi connectivity index (χ0n) is 57.5. The molecule has 0 fully saturated rings. The first-order chi connectivity index (χ1) is 47.7. The van der Waals surface area contributed by atoms with E-state index in [0.717, 1.165) is 86.3 Å². The van der Waals surface area contributed by atoms with Crippen LogP contribution in [0.25, 0.3) is 54.5 Å². The van der Waals surface area contributed by atoms with Gasteiger partial charge in [0.05, 0.1) is 67.5 Å². The Hall–Kier alpha value is -12.0. The minimum absolute atomic E-state index is 0.00540. The number of methoxy groups -OCH3 is 5. The lowest BCUT2D eigenvalue weighted by Gasteiger charge is -2.10. The van der Waals surface area contributed by atoms with Crippen molar-refractivity contribution >= 4 is 107 Å². The summed E-state index contributed by atoms with van der Waals surface area (Å²) in [6, 6.07) is 45.0. The second-order valence-electron chi connectivity index (χ2n) is 22.2. The summed E-state index contributed by atoms with van der Waals surface area (Å²) in [5.74, 6) is 2.53. The standard InChI is InChI=1S/2C18H17NO2.C14H17N3O4.C14H17NO2.C12H13N3O4/c1-3-19-12-16(18(20)13-7-5-4-6-8-13)15-11-14(21-2)9-10-17(15)19;1-3-19-12-16(18(20)13-7-5-4-6-8-13)15-10-9-14(21-2)11-17(15)19;1-4-15-13-12(14(18)21-3)10-7-6-9(17(19)20)8-11(10)16(13)5-2;1-4-14(16)12-9-15(5-2)13-8-10(17-3)6-7-11(12)13;1-3-14-9-6-7(15(17)18)4-5-8(9)10(11(14)13)12(16)19-2/h2*4-12H,3H2,1-2H3;6-8,15H,4-5H2,1-3H3;6-9H,4-5H2,1-3H3;4-6H,3,13H2,1-2H3. The van der Waals surface area contributed by atoms with E-state index in [2.05, 4.69) is 39.8 Å². The number of fused-ring (bicyclic) bond motifs is 5.